The van der Waals surface area contributed by atoms with Crippen molar-refractivity contribution in [1.82, 2.24) is 5.32 Å². The number of fused-ring (bicyclic) bond motifs is 1. The number of carbonyl (C=O) groups is 1. The van der Waals surface area contributed by atoms with E-state index in [2.05, 4.69) is 22.3 Å². The molecule has 1 N–H and O–H groups in total. The van der Waals surface area contributed by atoms with E-state index < -0.39 is 17.5 Å². The Morgan fingerprint density at radius 2 is 1.91 bits per heavy atom. The van der Waals surface area contributed by atoms with E-state index >= 15 is 0 Å². The van der Waals surface area contributed by atoms with Gasteiger partial charge in [-0.05, 0) is 37.1 Å². The van der Waals surface area contributed by atoms with Gasteiger partial charge in [-0.3, -0.25) is 4.79 Å². The van der Waals surface area contributed by atoms with Gasteiger partial charge in [-0.15, -0.1) is 0 Å². The lowest BCUT2D eigenvalue weighted by atomic mass is 10.1. The summed E-state index contributed by atoms with van der Waals surface area (Å²) in [5.74, 6) is -1.98. The zero-order valence-electron chi connectivity index (χ0n) is 12.9. The summed E-state index contributed by atoms with van der Waals surface area (Å²) in [6, 6.07) is 11.1. The van der Waals surface area contributed by atoms with Crippen LogP contribution < -0.4 is 10.2 Å². The predicted molar refractivity (Wildman–Crippen MR) is 85.6 cm³/mol. The molecule has 1 heterocycles. The molecule has 5 heteroatoms. The molecule has 1 aliphatic heterocycles. The molecule has 120 valence electrons. The van der Waals surface area contributed by atoms with Crippen LogP contribution in [0.25, 0.3) is 0 Å². The van der Waals surface area contributed by atoms with Crippen molar-refractivity contribution < 1.29 is 13.6 Å². The number of benzene rings is 2. The minimum absolute atomic E-state index is 0.00322. The smallest absolute Gasteiger partial charge is 0.251 e. The summed E-state index contributed by atoms with van der Waals surface area (Å²) >= 11 is 0. The second-order valence-electron chi connectivity index (χ2n) is 5.79. The number of halogens is 2. The van der Waals surface area contributed by atoms with Gasteiger partial charge in [0.2, 0.25) is 0 Å². The monoisotopic (exact) mass is 316 g/mol. The maximum absolute atomic E-state index is 13.2. The second kappa shape index (κ2) is 6.36. The van der Waals surface area contributed by atoms with Gasteiger partial charge >= 0.3 is 0 Å². The van der Waals surface area contributed by atoms with Crippen LogP contribution in [0.3, 0.4) is 0 Å². The highest BCUT2D eigenvalue weighted by molar-refractivity contribution is 5.94. The first-order valence-electron chi connectivity index (χ1n) is 7.63. The maximum atomic E-state index is 13.2. The Balaban J connectivity index is 1.63. The van der Waals surface area contributed by atoms with Crippen LogP contribution in [-0.2, 0) is 6.42 Å². The highest BCUT2D eigenvalue weighted by Gasteiger charge is 2.23. The largest absolute Gasteiger partial charge is 0.366 e. The van der Waals surface area contributed by atoms with Gasteiger partial charge in [0.25, 0.3) is 5.91 Å². The number of nitrogens with one attached hydrogen (secondary N) is 1. The Bertz CT molecular complexity index is 712. The summed E-state index contributed by atoms with van der Waals surface area (Å²) in [5, 5.41) is 2.75. The van der Waals surface area contributed by atoms with Crippen molar-refractivity contribution in [3.63, 3.8) is 0 Å². The van der Waals surface area contributed by atoms with Gasteiger partial charge in [0, 0.05) is 36.4 Å². The topological polar surface area (TPSA) is 32.3 Å². The lowest BCUT2D eigenvalue weighted by Crippen LogP contribution is -2.41. The van der Waals surface area contributed by atoms with E-state index in [0.29, 0.717) is 6.54 Å². The van der Waals surface area contributed by atoms with E-state index in [1.807, 2.05) is 19.1 Å². The average molecular weight is 316 g/mol. The van der Waals surface area contributed by atoms with Crippen molar-refractivity contribution in [3.8, 4) is 0 Å². The molecule has 0 aromatic heterocycles. The number of carbonyl (C=O) groups excluding carboxylic acids is 1. The highest BCUT2D eigenvalue weighted by Crippen LogP contribution is 2.28. The lowest BCUT2D eigenvalue weighted by molar-refractivity contribution is 0.0950. The third-order valence-electron chi connectivity index (χ3n) is 4.14. The highest BCUT2D eigenvalue weighted by atomic mass is 19.1. The molecule has 23 heavy (non-hydrogen) atoms. The maximum Gasteiger partial charge on any atom is 0.251 e. The van der Waals surface area contributed by atoms with Gasteiger partial charge in [0.15, 0.2) is 0 Å². The molecule has 3 nitrogen and oxygen atoms in total. The lowest BCUT2D eigenvalue weighted by Gasteiger charge is -2.27. The van der Waals surface area contributed by atoms with Gasteiger partial charge < -0.3 is 10.2 Å². The number of hydrogen-bond donors (Lipinski definition) is 1. The SMILES string of the molecule is CC(CNC(=O)c1cc(F)cc(F)c1)N1CCc2ccccc21. The van der Waals surface area contributed by atoms with E-state index in [1.54, 1.807) is 0 Å². The number of para-hydroxylation sites is 1. The van der Waals surface area contributed by atoms with Crippen molar-refractivity contribution in [1.29, 1.82) is 0 Å². The molecule has 0 bridgehead atoms. The molecule has 0 spiro atoms. The molecule has 0 radical (unpaired) electrons. The Kier molecular flexibility index (Phi) is 4.28. The Labute approximate surface area is 133 Å². The summed E-state index contributed by atoms with van der Waals surface area (Å²) < 4.78 is 26.3. The van der Waals surface area contributed by atoms with Crippen LogP contribution in [-0.4, -0.2) is 25.0 Å². The summed E-state index contributed by atoms with van der Waals surface area (Å²) in [6.07, 6.45) is 0.990. The number of nitrogens with zero attached hydrogens (tertiary/aromatic N) is 1. The van der Waals surface area contributed by atoms with Crippen LogP contribution in [0.2, 0.25) is 0 Å². The van der Waals surface area contributed by atoms with Crippen LogP contribution in [0.5, 0.6) is 0 Å². The fraction of sp³-hybridized carbons (Fsp3) is 0.278. The normalized spacial score (nSPS) is 14.5. The molecule has 0 saturated heterocycles. The van der Waals surface area contributed by atoms with Crippen molar-refractivity contribution in [2.45, 2.75) is 19.4 Å². The van der Waals surface area contributed by atoms with Crippen molar-refractivity contribution in [2.24, 2.45) is 0 Å². The van der Waals surface area contributed by atoms with E-state index in [0.717, 1.165) is 31.2 Å². The average Bonchev–Trinajstić information content (AvgIpc) is 2.95. The van der Waals surface area contributed by atoms with E-state index in [1.165, 1.54) is 11.3 Å². The fourth-order valence-corrected chi connectivity index (χ4v) is 2.96. The Morgan fingerprint density at radius 3 is 2.65 bits per heavy atom. The molecule has 0 saturated carbocycles. The summed E-state index contributed by atoms with van der Waals surface area (Å²) in [6.45, 7) is 3.34. The van der Waals surface area contributed by atoms with Crippen molar-refractivity contribution >= 4 is 11.6 Å². The molecular weight excluding hydrogens is 298 g/mol. The molecule has 1 amide bonds. The quantitative estimate of drug-likeness (QED) is 0.940. The third-order valence-corrected chi connectivity index (χ3v) is 4.14. The summed E-state index contributed by atoms with van der Waals surface area (Å²) in [4.78, 5) is 14.3. The minimum Gasteiger partial charge on any atom is -0.366 e. The molecule has 1 aliphatic rings. The van der Waals surface area contributed by atoms with Crippen LogP contribution in [0.15, 0.2) is 42.5 Å². The van der Waals surface area contributed by atoms with Gasteiger partial charge in [-0.25, -0.2) is 8.78 Å². The molecular formula is C18H18F2N2O. The zero-order chi connectivity index (χ0) is 16.4. The molecule has 1 atom stereocenters. The number of amides is 1. The molecule has 2 aromatic rings. The third kappa shape index (κ3) is 3.33. The first kappa shape index (κ1) is 15.5. The molecule has 1 unspecified atom stereocenters. The Hall–Kier alpha value is -2.43. The van der Waals surface area contributed by atoms with Gasteiger partial charge in [0.05, 0.1) is 0 Å². The number of rotatable bonds is 4. The molecule has 2 aromatic carbocycles. The van der Waals surface area contributed by atoms with Gasteiger partial charge in [-0.2, -0.15) is 0 Å². The zero-order valence-corrected chi connectivity index (χ0v) is 12.9. The summed E-state index contributed by atoms with van der Waals surface area (Å²) in [7, 11) is 0. The van der Waals surface area contributed by atoms with Crippen molar-refractivity contribution in [3.05, 3.63) is 65.2 Å². The van der Waals surface area contributed by atoms with Crippen LogP contribution in [0.1, 0.15) is 22.8 Å². The minimum atomic E-state index is -0.753. The van der Waals surface area contributed by atoms with Crippen molar-refractivity contribution in [2.75, 3.05) is 18.0 Å². The second-order valence-corrected chi connectivity index (χ2v) is 5.79. The van der Waals surface area contributed by atoms with E-state index in [-0.39, 0.29) is 11.6 Å². The molecule has 0 fully saturated rings. The summed E-state index contributed by atoms with van der Waals surface area (Å²) in [5.41, 5.74) is 2.49. The first-order valence-corrected chi connectivity index (χ1v) is 7.63. The molecule has 0 aliphatic carbocycles. The van der Waals surface area contributed by atoms with Crippen LogP contribution >= 0.6 is 0 Å². The number of anilines is 1. The van der Waals surface area contributed by atoms with E-state index in [4.69, 9.17) is 0 Å². The number of hydrogen-bond acceptors (Lipinski definition) is 2. The predicted octanol–water partition coefficient (Wildman–Crippen LogP) is 3.15. The fourth-order valence-electron chi connectivity index (χ4n) is 2.96. The van der Waals surface area contributed by atoms with Gasteiger partial charge in [0.1, 0.15) is 11.6 Å². The van der Waals surface area contributed by atoms with Gasteiger partial charge in [-0.1, -0.05) is 18.2 Å². The van der Waals surface area contributed by atoms with E-state index in [9.17, 15) is 13.6 Å². The standard InChI is InChI=1S/C18H18F2N2O/c1-12(22-7-6-13-4-2-3-5-17(13)22)11-21-18(23)14-8-15(19)10-16(20)9-14/h2-5,8-10,12H,6-7,11H2,1H3,(H,21,23). The van der Waals surface area contributed by atoms with Crippen LogP contribution in [0.4, 0.5) is 14.5 Å². The molecule has 3 rings (SSSR count). The Morgan fingerprint density at radius 1 is 1.22 bits per heavy atom. The first-order chi connectivity index (χ1) is 11.0. The van der Waals surface area contributed by atoms with Crippen LogP contribution in [0, 0.1) is 11.6 Å².